The molecule has 1 aromatic carbocycles. The highest BCUT2D eigenvalue weighted by molar-refractivity contribution is 7.19. The highest BCUT2D eigenvalue weighted by Gasteiger charge is 2.12. The molecule has 146 valence electrons. The Kier molecular flexibility index (Phi) is 6.43. The van der Waals surface area contributed by atoms with Crippen molar-refractivity contribution in [3.8, 4) is 10.6 Å². The Morgan fingerprint density at radius 3 is 2.79 bits per heavy atom. The molecule has 0 aliphatic heterocycles. The molecule has 0 unspecified atom stereocenters. The molecule has 9 heteroatoms. The third kappa shape index (κ3) is 4.76. The highest BCUT2D eigenvalue weighted by Crippen LogP contribution is 2.31. The highest BCUT2D eigenvalue weighted by atomic mass is 35.5. The summed E-state index contributed by atoms with van der Waals surface area (Å²) >= 11 is 7.58. The summed E-state index contributed by atoms with van der Waals surface area (Å²) < 4.78 is 0. The van der Waals surface area contributed by atoms with Gasteiger partial charge in [0.25, 0.3) is 0 Å². The zero-order chi connectivity index (χ0) is 20.1. The van der Waals surface area contributed by atoms with Crippen molar-refractivity contribution in [3.05, 3.63) is 52.3 Å². The minimum absolute atomic E-state index is 0.103. The summed E-state index contributed by atoms with van der Waals surface area (Å²) in [4.78, 5) is 25.4. The number of halogens is 1. The molecule has 2 heterocycles. The van der Waals surface area contributed by atoms with E-state index in [1.165, 1.54) is 6.07 Å². The quantitative estimate of drug-likeness (QED) is 0.501. The van der Waals surface area contributed by atoms with Crippen molar-refractivity contribution in [2.75, 3.05) is 23.7 Å². The maximum atomic E-state index is 11.0. The molecule has 3 rings (SSSR count). The number of aryl methyl sites for hydroxylation is 1. The number of carboxylic acids is 1. The number of hydrogen-bond acceptors (Lipinski definition) is 7. The first kappa shape index (κ1) is 20.0. The Morgan fingerprint density at radius 2 is 2.07 bits per heavy atom. The molecule has 0 radical (unpaired) electrons. The number of aromatic nitrogens is 3. The van der Waals surface area contributed by atoms with Gasteiger partial charge in [-0.15, -0.1) is 0 Å². The zero-order valence-electron chi connectivity index (χ0n) is 15.5. The maximum absolute atomic E-state index is 11.0. The van der Waals surface area contributed by atoms with Crippen molar-refractivity contribution in [1.29, 1.82) is 0 Å². The second-order valence-corrected chi connectivity index (χ2v) is 7.43. The molecule has 0 aliphatic rings. The van der Waals surface area contributed by atoms with Crippen LogP contribution in [0.1, 0.15) is 28.5 Å². The predicted molar refractivity (Wildman–Crippen MR) is 113 cm³/mol. The van der Waals surface area contributed by atoms with Crippen LogP contribution in [0.15, 0.2) is 30.5 Å². The predicted octanol–water partition coefficient (Wildman–Crippen LogP) is 4.35. The van der Waals surface area contributed by atoms with E-state index in [1.807, 2.05) is 19.9 Å². The van der Waals surface area contributed by atoms with Crippen molar-refractivity contribution < 1.29 is 9.90 Å². The molecule has 0 saturated heterocycles. The van der Waals surface area contributed by atoms with E-state index in [0.29, 0.717) is 18.9 Å². The van der Waals surface area contributed by atoms with Crippen LogP contribution in [-0.4, -0.2) is 39.1 Å². The minimum atomic E-state index is -1.03. The molecular weight excluding hydrogens is 398 g/mol. The molecule has 3 N–H and O–H groups in total. The number of carbonyl (C=O) groups is 1. The van der Waals surface area contributed by atoms with Gasteiger partial charge in [-0.2, -0.15) is 0 Å². The topological polar surface area (TPSA) is 100 Å². The number of thiazole rings is 1. The Balaban J connectivity index is 1.65. The molecule has 0 atom stereocenters. The lowest BCUT2D eigenvalue weighted by Crippen LogP contribution is -2.08. The van der Waals surface area contributed by atoms with Crippen LogP contribution in [0.4, 0.5) is 11.1 Å². The molecule has 0 spiro atoms. The number of rotatable bonds is 8. The van der Waals surface area contributed by atoms with Crippen molar-refractivity contribution in [1.82, 2.24) is 15.0 Å². The first-order valence-electron chi connectivity index (χ1n) is 8.78. The van der Waals surface area contributed by atoms with E-state index in [4.69, 9.17) is 16.7 Å². The van der Waals surface area contributed by atoms with Crippen LogP contribution >= 0.6 is 22.9 Å². The summed E-state index contributed by atoms with van der Waals surface area (Å²) in [5.41, 5.74) is 2.79. The smallest absolute Gasteiger partial charge is 0.337 e. The Labute approximate surface area is 171 Å². The molecule has 3 aromatic rings. The third-order valence-electron chi connectivity index (χ3n) is 3.97. The van der Waals surface area contributed by atoms with Gasteiger partial charge >= 0.3 is 5.97 Å². The van der Waals surface area contributed by atoms with Gasteiger partial charge in [0.05, 0.1) is 26.9 Å². The molecule has 2 aromatic heterocycles. The van der Waals surface area contributed by atoms with E-state index in [9.17, 15) is 4.79 Å². The molecule has 0 aliphatic carbocycles. The van der Waals surface area contributed by atoms with Crippen molar-refractivity contribution >= 4 is 40.0 Å². The molecule has 28 heavy (non-hydrogen) atoms. The van der Waals surface area contributed by atoms with Crippen LogP contribution in [0.3, 0.4) is 0 Å². The summed E-state index contributed by atoms with van der Waals surface area (Å²) in [6.07, 6.45) is 2.38. The van der Waals surface area contributed by atoms with Gasteiger partial charge in [0, 0.05) is 19.3 Å². The lowest BCUT2D eigenvalue weighted by atomic mass is 10.1. The van der Waals surface area contributed by atoms with E-state index >= 15 is 0 Å². The number of aromatic carboxylic acids is 1. The molecule has 7 nitrogen and oxygen atoms in total. The number of carboxylic acid groups (broad SMARTS) is 1. The zero-order valence-corrected chi connectivity index (χ0v) is 17.1. The maximum Gasteiger partial charge on any atom is 0.337 e. The summed E-state index contributed by atoms with van der Waals surface area (Å²) in [6.45, 7) is 5.41. The van der Waals surface area contributed by atoms with Crippen molar-refractivity contribution in [2.24, 2.45) is 0 Å². The van der Waals surface area contributed by atoms with Gasteiger partial charge in [-0.3, -0.25) is 0 Å². The SMILES string of the molecule is CCNc1nc(C)c(-c2ccnc(NCCc3ccc(C(=O)O)c(Cl)c3)n2)s1. The van der Waals surface area contributed by atoms with Crippen LogP contribution in [0.2, 0.25) is 5.02 Å². The Hall–Kier alpha value is -2.71. The first-order chi connectivity index (χ1) is 13.5. The van der Waals surface area contributed by atoms with Crippen LogP contribution in [-0.2, 0) is 6.42 Å². The fraction of sp³-hybridized carbons (Fsp3) is 0.263. The fourth-order valence-electron chi connectivity index (χ4n) is 2.64. The van der Waals surface area contributed by atoms with Gasteiger partial charge in [-0.25, -0.2) is 19.7 Å². The summed E-state index contributed by atoms with van der Waals surface area (Å²) in [5, 5.41) is 16.6. The lowest BCUT2D eigenvalue weighted by Gasteiger charge is -2.07. The third-order valence-corrected chi connectivity index (χ3v) is 5.42. The van der Waals surface area contributed by atoms with Gasteiger partial charge in [-0.05, 0) is 44.0 Å². The molecule has 0 amide bonds. The van der Waals surface area contributed by atoms with Crippen LogP contribution in [0.25, 0.3) is 10.6 Å². The van der Waals surface area contributed by atoms with Crippen LogP contribution in [0.5, 0.6) is 0 Å². The van der Waals surface area contributed by atoms with Crippen molar-refractivity contribution in [3.63, 3.8) is 0 Å². The normalized spacial score (nSPS) is 10.7. The molecule has 0 fully saturated rings. The van der Waals surface area contributed by atoms with Gasteiger partial charge in [-0.1, -0.05) is 29.0 Å². The second kappa shape index (κ2) is 8.99. The van der Waals surface area contributed by atoms with Gasteiger partial charge in [0.1, 0.15) is 0 Å². The minimum Gasteiger partial charge on any atom is -0.478 e. The van der Waals surface area contributed by atoms with Gasteiger partial charge in [0.2, 0.25) is 5.95 Å². The van der Waals surface area contributed by atoms with Crippen LogP contribution < -0.4 is 10.6 Å². The van der Waals surface area contributed by atoms with Crippen LogP contribution in [0, 0.1) is 6.92 Å². The monoisotopic (exact) mass is 417 g/mol. The fourth-order valence-corrected chi connectivity index (χ4v) is 3.93. The summed E-state index contributed by atoms with van der Waals surface area (Å²) in [5.74, 6) is -0.501. The van der Waals surface area contributed by atoms with Gasteiger partial charge < -0.3 is 15.7 Å². The number of benzene rings is 1. The Morgan fingerprint density at radius 1 is 1.25 bits per heavy atom. The summed E-state index contributed by atoms with van der Waals surface area (Å²) in [6, 6.07) is 6.82. The number of nitrogens with one attached hydrogen (secondary N) is 2. The van der Waals surface area contributed by atoms with E-state index < -0.39 is 5.97 Å². The number of hydrogen-bond donors (Lipinski definition) is 3. The standard InChI is InChI=1S/C19H20ClN5O2S/c1-3-21-19-24-11(2)16(28-19)15-7-9-23-18(25-15)22-8-6-12-4-5-13(17(26)27)14(20)10-12/h4-5,7,9-10H,3,6,8H2,1-2H3,(H,21,24)(H,26,27)(H,22,23,25). The number of nitrogens with zero attached hydrogens (tertiary/aromatic N) is 3. The van der Waals surface area contributed by atoms with E-state index in [0.717, 1.165) is 33.5 Å². The summed E-state index contributed by atoms with van der Waals surface area (Å²) in [7, 11) is 0. The second-order valence-electron chi connectivity index (χ2n) is 6.03. The molecule has 0 saturated carbocycles. The lowest BCUT2D eigenvalue weighted by molar-refractivity contribution is 0.0697. The number of anilines is 2. The van der Waals surface area contributed by atoms with E-state index in [-0.39, 0.29) is 10.6 Å². The van der Waals surface area contributed by atoms with E-state index in [1.54, 1.807) is 29.7 Å². The average Bonchev–Trinajstić information content (AvgIpc) is 3.02. The van der Waals surface area contributed by atoms with E-state index in [2.05, 4.69) is 25.6 Å². The molecular formula is C19H20ClN5O2S. The van der Waals surface area contributed by atoms with Gasteiger partial charge in [0.15, 0.2) is 5.13 Å². The first-order valence-corrected chi connectivity index (χ1v) is 9.97. The van der Waals surface area contributed by atoms with Crippen molar-refractivity contribution in [2.45, 2.75) is 20.3 Å². The largest absolute Gasteiger partial charge is 0.478 e. The molecule has 0 bridgehead atoms. The average molecular weight is 418 g/mol. The Bertz CT molecular complexity index is 992.